The predicted octanol–water partition coefficient (Wildman–Crippen LogP) is 4.40. The molecule has 0 heterocycles. The number of rotatable bonds is 9. The van der Waals surface area contributed by atoms with Gasteiger partial charge in [-0.15, -0.1) is 0 Å². The first-order chi connectivity index (χ1) is 14.5. The summed E-state index contributed by atoms with van der Waals surface area (Å²) in [5.74, 6) is -1.07. The number of ether oxygens (including phenoxy) is 2. The molecule has 31 heavy (non-hydrogen) atoms. The minimum Gasteiger partial charge on any atom is -0.484 e. The molecule has 2 rings (SSSR count). The van der Waals surface area contributed by atoms with Crippen molar-refractivity contribution in [1.29, 1.82) is 0 Å². The summed E-state index contributed by atoms with van der Waals surface area (Å²) in [7, 11) is 0. The van der Waals surface area contributed by atoms with Crippen LogP contribution in [0.15, 0.2) is 42.5 Å². The monoisotopic (exact) mass is 458 g/mol. The van der Waals surface area contributed by atoms with Gasteiger partial charge in [0, 0.05) is 0 Å². The van der Waals surface area contributed by atoms with E-state index in [2.05, 4.69) is 5.32 Å². The molecule has 0 fully saturated rings. The van der Waals surface area contributed by atoms with Crippen LogP contribution in [0.25, 0.3) is 0 Å². The van der Waals surface area contributed by atoms with Crippen molar-refractivity contribution in [3.05, 3.63) is 58.6 Å². The summed E-state index contributed by atoms with van der Waals surface area (Å²) in [6.45, 7) is 3.17. The van der Waals surface area contributed by atoms with E-state index in [-0.39, 0.29) is 29.8 Å². The first kappa shape index (κ1) is 24.3. The van der Waals surface area contributed by atoms with Crippen molar-refractivity contribution in [2.45, 2.75) is 32.7 Å². The highest BCUT2D eigenvalue weighted by Crippen LogP contribution is 2.34. The lowest BCUT2D eigenvalue weighted by molar-refractivity contribution is -0.147. The van der Waals surface area contributed by atoms with Crippen LogP contribution in [0.4, 0.5) is 18.9 Å². The third kappa shape index (κ3) is 7.36. The van der Waals surface area contributed by atoms with Crippen LogP contribution in [-0.2, 0) is 27.1 Å². The normalized spacial score (nSPS) is 12.4. The van der Waals surface area contributed by atoms with E-state index >= 15 is 0 Å². The Morgan fingerprint density at radius 2 is 1.87 bits per heavy atom. The minimum absolute atomic E-state index is 0.0712. The van der Waals surface area contributed by atoms with E-state index in [1.165, 1.54) is 6.07 Å². The van der Waals surface area contributed by atoms with Crippen LogP contribution in [0.3, 0.4) is 0 Å². The van der Waals surface area contributed by atoms with E-state index in [4.69, 9.17) is 26.8 Å². The van der Waals surface area contributed by atoms with Gasteiger partial charge in [-0.1, -0.05) is 37.6 Å². The van der Waals surface area contributed by atoms with Crippen LogP contribution in [0.5, 0.6) is 5.75 Å². The van der Waals surface area contributed by atoms with Gasteiger partial charge >= 0.3 is 12.1 Å². The van der Waals surface area contributed by atoms with Crippen molar-refractivity contribution in [2.75, 3.05) is 11.9 Å². The number of hydrogen-bond donors (Lipinski definition) is 2. The number of esters is 1. The highest BCUT2D eigenvalue weighted by molar-refractivity contribution is 6.33. The second-order valence-corrected chi connectivity index (χ2v) is 7.48. The molecule has 1 atom stereocenters. The number of halogens is 4. The van der Waals surface area contributed by atoms with Gasteiger partial charge in [-0.05, 0) is 41.8 Å². The summed E-state index contributed by atoms with van der Waals surface area (Å²) < 4.78 is 49.0. The Labute approximate surface area is 182 Å². The average molecular weight is 459 g/mol. The number of anilines is 1. The zero-order valence-corrected chi connectivity index (χ0v) is 17.6. The highest BCUT2D eigenvalue weighted by atomic mass is 35.5. The fourth-order valence-electron chi connectivity index (χ4n) is 2.60. The smallest absolute Gasteiger partial charge is 0.416 e. The minimum atomic E-state index is -4.52. The van der Waals surface area contributed by atoms with Gasteiger partial charge in [0.25, 0.3) is 5.91 Å². The zero-order chi connectivity index (χ0) is 23.2. The third-order valence-corrected chi connectivity index (χ3v) is 4.50. The molecular weight excluding hydrogens is 437 g/mol. The second-order valence-electron chi connectivity index (χ2n) is 7.07. The molecule has 0 aliphatic rings. The number of primary amides is 1. The van der Waals surface area contributed by atoms with Gasteiger partial charge in [0.1, 0.15) is 18.4 Å². The van der Waals surface area contributed by atoms with Crippen molar-refractivity contribution >= 4 is 29.2 Å². The van der Waals surface area contributed by atoms with Gasteiger partial charge in [-0.25, -0.2) is 4.79 Å². The molecule has 2 aromatic rings. The Morgan fingerprint density at radius 3 is 2.45 bits per heavy atom. The van der Waals surface area contributed by atoms with Gasteiger partial charge in [0.2, 0.25) is 0 Å². The van der Waals surface area contributed by atoms with Crippen LogP contribution in [0, 0.1) is 5.92 Å². The molecule has 0 aromatic heterocycles. The Bertz CT molecular complexity index is 935. The predicted molar refractivity (Wildman–Crippen MR) is 110 cm³/mol. The maximum Gasteiger partial charge on any atom is 0.416 e. The third-order valence-electron chi connectivity index (χ3n) is 4.19. The Kier molecular flexibility index (Phi) is 8.15. The first-order valence-corrected chi connectivity index (χ1v) is 9.65. The van der Waals surface area contributed by atoms with E-state index in [0.717, 1.165) is 12.1 Å². The number of nitrogens with two attached hydrogens (primary N) is 1. The fourth-order valence-corrected chi connectivity index (χ4v) is 2.83. The molecule has 0 radical (unpaired) electrons. The Hall–Kier alpha value is -2.94. The molecule has 0 unspecified atom stereocenters. The summed E-state index contributed by atoms with van der Waals surface area (Å²) in [5.41, 5.74) is 4.96. The van der Waals surface area contributed by atoms with Crippen molar-refractivity contribution in [1.82, 2.24) is 0 Å². The van der Waals surface area contributed by atoms with Gasteiger partial charge in [0.05, 0.1) is 16.3 Å². The number of alkyl halides is 3. The number of nitrogens with one attached hydrogen (secondary N) is 1. The van der Waals surface area contributed by atoms with Crippen LogP contribution in [0.1, 0.15) is 25.0 Å². The number of hydrogen-bond acceptors (Lipinski definition) is 5. The molecule has 0 bridgehead atoms. The van der Waals surface area contributed by atoms with Crippen molar-refractivity contribution in [3.63, 3.8) is 0 Å². The summed E-state index contributed by atoms with van der Waals surface area (Å²) in [6.07, 6.45) is -4.52. The van der Waals surface area contributed by atoms with Crippen molar-refractivity contribution in [3.8, 4) is 5.75 Å². The van der Waals surface area contributed by atoms with Crippen LogP contribution < -0.4 is 15.8 Å². The number of benzene rings is 2. The lowest BCUT2D eigenvalue weighted by atomic mass is 10.0. The largest absolute Gasteiger partial charge is 0.484 e. The zero-order valence-electron chi connectivity index (χ0n) is 16.8. The number of carbonyl (C=O) groups excluding carboxylic acids is 2. The van der Waals surface area contributed by atoms with Crippen LogP contribution in [-0.4, -0.2) is 24.5 Å². The van der Waals surface area contributed by atoms with E-state index in [9.17, 15) is 22.8 Å². The van der Waals surface area contributed by atoms with Gasteiger partial charge in [0.15, 0.2) is 6.61 Å². The van der Waals surface area contributed by atoms with E-state index < -0.39 is 29.7 Å². The lowest BCUT2D eigenvalue weighted by Crippen LogP contribution is -2.36. The molecule has 0 saturated heterocycles. The van der Waals surface area contributed by atoms with Crippen molar-refractivity contribution < 1.29 is 32.2 Å². The number of amides is 1. The van der Waals surface area contributed by atoms with E-state index in [1.807, 2.05) is 0 Å². The fraction of sp³-hybridized carbons (Fsp3) is 0.333. The summed E-state index contributed by atoms with van der Waals surface area (Å²) >= 11 is 5.97. The molecule has 6 nitrogen and oxygen atoms in total. The van der Waals surface area contributed by atoms with Gasteiger partial charge in [-0.2, -0.15) is 13.2 Å². The summed E-state index contributed by atoms with van der Waals surface area (Å²) in [4.78, 5) is 23.4. The number of carbonyl (C=O) groups is 2. The van der Waals surface area contributed by atoms with Crippen LogP contribution >= 0.6 is 11.6 Å². The average Bonchev–Trinajstić information content (AvgIpc) is 2.69. The molecular formula is C21H22ClF3N2O4. The molecule has 1 amide bonds. The quantitative estimate of drug-likeness (QED) is 0.543. The second kappa shape index (κ2) is 10.4. The molecule has 168 valence electrons. The lowest BCUT2D eigenvalue weighted by Gasteiger charge is -2.23. The topological polar surface area (TPSA) is 90.7 Å². The molecule has 2 aromatic carbocycles. The van der Waals surface area contributed by atoms with Gasteiger partial charge < -0.3 is 20.5 Å². The molecule has 0 aliphatic heterocycles. The molecule has 10 heteroatoms. The molecule has 0 spiro atoms. The van der Waals surface area contributed by atoms with E-state index in [0.29, 0.717) is 11.3 Å². The van der Waals surface area contributed by atoms with E-state index in [1.54, 1.807) is 38.1 Å². The Balaban J connectivity index is 2.05. The molecule has 0 saturated carbocycles. The van der Waals surface area contributed by atoms with Crippen molar-refractivity contribution in [2.24, 2.45) is 11.7 Å². The summed E-state index contributed by atoms with van der Waals surface area (Å²) in [5, 5.41) is 2.70. The maximum absolute atomic E-state index is 12.8. The SMILES string of the molecule is CC(C)[C@H](Nc1ccc(C(F)(F)F)cc1Cl)C(=O)OCc1cccc(OCC(N)=O)c1. The highest BCUT2D eigenvalue weighted by Gasteiger charge is 2.31. The van der Waals surface area contributed by atoms with Gasteiger partial charge in [-0.3, -0.25) is 4.79 Å². The molecule has 3 N–H and O–H groups in total. The molecule has 0 aliphatic carbocycles. The Morgan fingerprint density at radius 1 is 1.16 bits per heavy atom. The standard InChI is InChI=1S/C21H22ClF3N2O4/c1-12(2)19(27-17-7-6-14(9-16(17)22)21(23,24)25)20(29)31-10-13-4-3-5-15(8-13)30-11-18(26)28/h3-9,12,19,27H,10-11H2,1-2H3,(H2,26,28)/t19-/m0/s1. The maximum atomic E-state index is 12.8. The van der Waals surface area contributed by atoms with Crippen LogP contribution in [0.2, 0.25) is 5.02 Å². The first-order valence-electron chi connectivity index (χ1n) is 9.27. The summed E-state index contributed by atoms with van der Waals surface area (Å²) in [6, 6.07) is 8.60.